The van der Waals surface area contributed by atoms with E-state index in [2.05, 4.69) is 4.98 Å². The highest BCUT2D eigenvalue weighted by Gasteiger charge is 2.31. The largest absolute Gasteiger partial charge is 0.416 e. The molecule has 100 valence electrons. The van der Waals surface area contributed by atoms with Crippen LogP contribution in [-0.2, 0) is 6.18 Å². The first-order chi connectivity index (χ1) is 8.77. The number of rotatable bonds is 1. The van der Waals surface area contributed by atoms with Crippen molar-refractivity contribution in [2.45, 2.75) is 20.0 Å². The third kappa shape index (κ3) is 2.86. The third-order valence-corrected chi connectivity index (χ3v) is 2.96. The molecule has 2 N–H and O–H groups in total. The van der Waals surface area contributed by atoms with Gasteiger partial charge >= 0.3 is 6.18 Å². The van der Waals surface area contributed by atoms with E-state index in [0.717, 1.165) is 23.4 Å². The van der Waals surface area contributed by atoms with E-state index in [0.29, 0.717) is 11.1 Å². The number of nitrogens with two attached hydrogens (primary N) is 1. The van der Waals surface area contributed by atoms with Gasteiger partial charge in [-0.05, 0) is 49.2 Å². The number of halogens is 3. The summed E-state index contributed by atoms with van der Waals surface area (Å²) in [6, 6.07) is 5.33. The van der Waals surface area contributed by atoms with Crippen LogP contribution in [0.25, 0.3) is 11.1 Å². The number of nitrogens with zero attached hydrogens (tertiary/aromatic N) is 1. The summed E-state index contributed by atoms with van der Waals surface area (Å²) in [6.07, 6.45) is -2.85. The minimum atomic E-state index is -4.41. The molecule has 0 aliphatic rings. The molecule has 1 heterocycles. The van der Waals surface area contributed by atoms with Crippen LogP contribution in [0.3, 0.4) is 0 Å². The second kappa shape index (κ2) is 4.57. The van der Waals surface area contributed by atoms with E-state index in [1.54, 1.807) is 12.3 Å². The van der Waals surface area contributed by atoms with Gasteiger partial charge in [-0.25, -0.2) is 0 Å². The molecule has 2 nitrogen and oxygen atoms in total. The Balaban J connectivity index is 2.56. The number of aryl methyl sites for hydroxylation is 2. The summed E-state index contributed by atoms with van der Waals surface area (Å²) in [4.78, 5) is 4.15. The number of anilines is 1. The first-order valence-electron chi connectivity index (χ1n) is 5.69. The Bertz CT molecular complexity index is 619. The number of aromatic nitrogens is 1. The zero-order valence-corrected chi connectivity index (χ0v) is 10.5. The zero-order valence-electron chi connectivity index (χ0n) is 10.5. The van der Waals surface area contributed by atoms with Crippen molar-refractivity contribution in [2.75, 3.05) is 5.73 Å². The second-order valence-electron chi connectivity index (χ2n) is 4.47. The van der Waals surface area contributed by atoms with Crippen molar-refractivity contribution < 1.29 is 13.2 Å². The molecule has 0 aliphatic heterocycles. The molecule has 0 saturated carbocycles. The van der Waals surface area contributed by atoms with Crippen LogP contribution in [0.4, 0.5) is 18.9 Å². The normalized spacial score (nSPS) is 11.6. The van der Waals surface area contributed by atoms with Crippen LogP contribution in [0, 0.1) is 13.8 Å². The SMILES string of the molecule is Cc1cc(-c2cc(N)cc(C(F)(F)F)c2)cnc1C. The average Bonchev–Trinajstić information content (AvgIpc) is 2.31. The van der Waals surface area contributed by atoms with Crippen molar-refractivity contribution in [2.24, 2.45) is 0 Å². The zero-order chi connectivity index (χ0) is 14.2. The monoisotopic (exact) mass is 266 g/mol. The summed E-state index contributed by atoms with van der Waals surface area (Å²) >= 11 is 0. The van der Waals surface area contributed by atoms with Gasteiger partial charge in [0.05, 0.1) is 5.56 Å². The van der Waals surface area contributed by atoms with E-state index in [1.165, 1.54) is 6.07 Å². The van der Waals surface area contributed by atoms with E-state index in [4.69, 9.17) is 5.73 Å². The summed E-state index contributed by atoms with van der Waals surface area (Å²) in [5.41, 5.74) is 7.70. The lowest BCUT2D eigenvalue weighted by Gasteiger charge is -2.11. The molecular weight excluding hydrogens is 253 g/mol. The number of alkyl halides is 3. The summed E-state index contributed by atoms with van der Waals surface area (Å²) < 4.78 is 38.2. The molecule has 19 heavy (non-hydrogen) atoms. The van der Waals surface area contributed by atoms with Crippen LogP contribution in [0.15, 0.2) is 30.5 Å². The van der Waals surface area contributed by atoms with Gasteiger partial charge in [0.25, 0.3) is 0 Å². The van der Waals surface area contributed by atoms with Crippen LogP contribution < -0.4 is 5.73 Å². The standard InChI is InChI=1S/C14H13F3N2/c1-8-3-11(7-19-9(8)2)10-4-12(14(15,16)17)6-13(18)5-10/h3-7H,18H2,1-2H3. The van der Waals surface area contributed by atoms with E-state index in [1.807, 2.05) is 13.8 Å². The highest BCUT2D eigenvalue weighted by molar-refractivity contribution is 5.68. The summed E-state index contributed by atoms with van der Waals surface area (Å²) in [5.74, 6) is 0. The smallest absolute Gasteiger partial charge is 0.399 e. The molecule has 0 saturated heterocycles. The fourth-order valence-corrected chi connectivity index (χ4v) is 1.78. The molecule has 0 fully saturated rings. The summed E-state index contributed by atoms with van der Waals surface area (Å²) in [6.45, 7) is 3.71. The quantitative estimate of drug-likeness (QED) is 0.793. The Morgan fingerprint density at radius 1 is 1.00 bits per heavy atom. The number of hydrogen-bond acceptors (Lipinski definition) is 2. The second-order valence-corrected chi connectivity index (χ2v) is 4.47. The molecular formula is C14H13F3N2. The van der Waals surface area contributed by atoms with Crippen molar-refractivity contribution in [1.82, 2.24) is 4.98 Å². The molecule has 2 aromatic rings. The average molecular weight is 266 g/mol. The van der Waals surface area contributed by atoms with Crippen LogP contribution in [0.1, 0.15) is 16.8 Å². The van der Waals surface area contributed by atoms with Crippen molar-refractivity contribution in [3.05, 3.63) is 47.3 Å². The lowest BCUT2D eigenvalue weighted by atomic mass is 10.0. The van der Waals surface area contributed by atoms with Crippen molar-refractivity contribution in [1.29, 1.82) is 0 Å². The molecule has 5 heteroatoms. The Hall–Kier alpha value is -2.04. The third-order valence-electron chi connectivity index (χ3n) is 2.96. The molecule has 0 amide bonds. The first kappa shape index (κ1) is 13.4. The number of hydrogen-bond donors (Lipinski definition) is 1. The fourth-order valence-electron chi connectivity index (χ4n) is 1.78. The maximum absolute atomic E-state index is 12.7. The summed E-state index contributed by atoms with van der Waals surface area (Å²) in [7, 11) is 0. The Morgan fingerprint density at radius 3 is 2.26 bits per heavy atom. The molecule has 2 rings (SSSR count). The van der Waals surface area contributed by atoms with E-state index < -0.39 is 11.7 Å². The maximum Gasteiger partial charge on any atom is 0.416 e. The Labute approximate surface area is 109 Å². The maximum atomic E-state index is 12.7. The molecule has 0 atom stereocenters. The van der Waals surface area contributed by atoms with Crippen molar-refractivity contribution >= 4 is 5.69 Å². The molecule has 0 bridgehead atoms. The molecule has 0 aliphatic carbocycles. The predicted octanol–water partition coefficient (Wildman–Crippen LogP) is 3.97. The van der Waals surface area contributed by atoms with Crippen molar-refractivity contribution in [3.8, 4) is 11.1 Å². The van der Waals surface area contributed by atoms with Crippen LogP contribution in [0.2, 0.25) is 0 Å². The van der Waals surface area contributed by atoms with E-state index >= 15 is 0 Å². The van der Waals surface area contributed by atoms with Gasteiger partial charge in [0, 0.05) is 23.1 Å². The molecule has 0 radical (unpaired) electrons. The highest BCUT2D eigenvalue weighted by Crippen LogP contribution is 2.34. The number of pyridine rings is 1. The van der Waals surface area contributed by atoms with Gasteiger partial charge in [-0.15, -0.1) is 0 Å². The number of benzene rings is 1. The molecule has 1 aromatic heterocycles. The lowest BCUT2D eigenvalue weighted by Crippen LogP contribution is -2.06. The molecule has 0 unspecified atom stereocenters. The topological polar surface area (TPSA) is 38.9 Å². The van der Waals surface area contributed by atoms with Gasteiger partial charge in [0.1, 0.15) is 0 Å². The van der Waals surface area contributed by atoms with Gasteiger partial charge in [-0.3, -0.25) is 4.98 Å². The predicted molar refractivity (Wildman–Crippen MR) is 68.6 cm³/mol. The number of nitrogen functional groups attached to an aromatic ring is 1. The van der Waals surface area contributed by atoms with Gasteiger partial charge in [-0.1, -0.05) is 0 Å². The molecule has 1 aromatic carbocycles. The first-order valence-corrected chi connectivity index (χ1v) is 5.69. The van der Waals surface area contributed by atoms with Crippen LogP contribution in [-0.4, -0.2) is 4.98 Å². The lowest BCUT2D eigenvalue weighted by molar-refractivity contribution is -0.137. The highest BCUT2D eigenvalue weighted by atomic mass is 19.4. The molecule has 0 spiro atoms. The minimum absolute atomic E-state index is 0.0862. The van der Waals surface area contributed by atoms with Gasteiger partial charge in [0.15, 0.2) is 0 Å². The summed E-state index contributed by atoms with van der Waals surface area (Å²) in [5, 5.41) is 0. The van der Waals surface area contributed by atoms with Crippen LogP contribution >= 0.6 is 0 Å². The van der Waals surface area contributed by atoms with E-state index in [-0.39, 0.29) is 5.69 Å². The van der Waals surface area contributed by atoms with E-state index in [9.17, 15) is 13.2 Å². The van der Waals surface area contributed by atoms with Gasteiger partial charge < -0.3 is 5.73 Å². The minimum Gasteiger partial charge on any atom is -0.399 e. The van der Waals surface area contributed by atoms with Gasteiger partial charge in [0.2, 0.25) is 0 Å². The Kier molecular flexibility index (Phi) is 3.22. The fraction of sp³-hybridized carbons (Fsp3) is 0.214. The van der Waals surface area contributed by atoms with Gasteiger partial charge in [-0.2, -0.15) is 13.2 Å². The van der Waals surface area contributed by atoms with Crippen LogP contribution in [0.5, 0.6) is 0 Å². The Morgan fingerprint density at radius 2 is 1.68 bits per heavy atom. The van der Waals surface area contributed by atoms with Crippen molar-refractivity contribution in [3.63, 3.8) is 0 Å².